The summed E-state index contributed by atoms with van der Waals surface area (Å²) in [7, 11) is 0. The van der Waals surface area contributed by atoms with Gasteiger partial charge in [-0.2, -0.15) is 0 Å². The van der Waals surface area contributed by atoms with Crippen LogP contribution in [0, 0.1) is 5.92 Å². The summed E-state index contributed by atoms with van der Waals surface area (Å²) in [5.41, 5.74) is 3.27. The quantitative estimate of drug-likeness (QED) is 0.823. The molecule has 0 bridgehead atoms. The third kappa shape index (κ3) is 3.38. The summed E-state index contributed by atoms with van der Waals surface area (Å²) >= 11 is 0. The molecule has 2 heterocycles. The van der Waals surface area contributed by atoms with E-state index in [4.69, 9.17) is 0 Å². The number of rotatable bonds is 3. The normalized spacial score (nSPS) is 23.7. The van der Waals surface area contributed by atoms with Gasteiger partial charge in [0.05, 0.1) is 0 Å². The summed E-state index contributed by atoms with van der Waals surface area (Å²) in [4.78, 5) is 31.9. The Morgan fingerprint density at radius 1 is 0.852 bits per heavy atom. The molecule has 5 rings (SSSR count). The van der Waals surface area contributed by atoms with Crippen molar-refractivity contribution in [1.29, 1.82) is 0 Å². The molecule has 2 aliphatic carbocycles. The molecule has 1 aromatic carbocycles. The second-order valence-electron chi connectivity index (χ2n) is 8.68. The van der Waals surface area contributed by atoms with E-state index in [9.17, 15) is 9.59 Å². The van der Waals surface area contributed by atoms with Gasteiger partial charge < -0.3 is 9.80 Å². The minimum Gasteiger partial charge on any atom is -0.338 e. The fourth-order valence-corrected chi connectivity index (χ4v) is 4.69. The van der Waals surface area contributed by atoms with Crippen molar-refractivity contribution in [1.82, 2.24) is 14.7 Å². The van der Waals surface area contributed by atoms with E-state index in [1.54, 1.807) is 0 Å². The molecule has 1 aromatic rings. The number of nitrogens with zero attached hydrogens (tertiary/aromatic N) is 3. The van der Waals surface area contributed by atoms with Crippen molar-refractivity contribution in [2.75, 3.05) is 32.7 Å². The highest BCUT2D eigenvalue weighted by Crippen LogP contribution is 2.33. The molecule has 2 aliphatic heterocycles. The maximum absolute atomic E-state index is 13.0. The highest BCUT2D eigenvalue weighted by molar-refractivity contribution is 5.94. The number of hydrogen-bond donors (Lipinski definition) is 0. The molecule has 5 heteroatoms. The van der Waals surface area contributed by atoms with Crippen LogP contribution >= 0.6 is 0 Å². The topological polar surface area (TPSA) is 43.9 Å². The van der Waals surface area contributed by atoms with E-state index >= 15 is 0 Å². The SMILES string of the molecule is O=C(c1ccc2c(c1)CCN(C(=O)C1CC1)C2)N1CCN(C2CCC2)CC1. The molecule has 2 amide bonds. The molecule has 0 unspecified atom stereocenters. The van der Waals surface area contributed by atoms with Gasteiger partial charge in [-0.3, -0.25) is 14.5 Å². The summed E-state index contributed by atoms with van der Waals surface area (Å²) in [5.74, 6) is 0.777. The minimum atomic E-state index is 0.169. The van der Waals surface area contributed by atoms with Crippen molar-refractivity contribution >= 4 is 11.8 Å². The molecular weight excluding hydrogens is 338 g/mol. The fourth-order valence-electron chi connectivity index (χ4n) is 4.69. The number of fused-ring (bicyclic) bond motifs is 1. The molecule has 0 radical (unpaired) electrons. The average molecular weight is 367 g/mol. The zero-order valence-electron chi connectivity index (χ0n) is 16.0. The van der Waals surface area contributed by atoms with Crippen LogP contribution in [-0.4, -0.2) is 65.3 Å². The van der Waals surface area contributed by atoms with Crippen LogP contribution in [0.15, 0.2) is 18.2 Å². The van der Waals surface area contributed by atoms with Crippen molar-refractivity contribution in [2.45, 2.75) is 51.1 Å². The summed E-state index contributed by atoms with van der Waals surface area (Å²) < 4.78 is 0. The van der Waals surface area contributed by atoms with Crippen LogP contribution < -0.4 is 0 Å². The molecule has 0 N–H and O–H groups in total. The highest BCUT2D eigenvalue weighted by atomic mass is 16.2. The standard InChI is InChI=1S/C22H29N3O2/c26-21(16-4-5-16)25-9-8-17-14-18(6-7-19(17)15-25)22(27)24-12-10-23(11-13-24)20-2-1-3-20/h6-7,14,16,20H,1-5,8-13,15H2. The van der Waals surface area contributed by atoms with E-state index in [0.29, 0.717) is 12.5 Å². The number of piperazine rings is 1. The van der Waals surface area contributed by atoms with Crippen molar-refractivity contribution in [2.24, 2.45) is 5.92 Å². The first-order valence-corrected chi connectivity index (χ1v) is 10.6. The van der Waals surface area contributed by atoms with Crippen LogP contribution in [0.1, 0.15) is 53.6 Å². The number of hydrogen-bond acceptors (Lipinski definition) is 3. The third-order valence-corrected chi connectivity index (χ3v) is 6.90. The van der Waals surface area contributed by atoms with Crippen LogP contribution in [0.2, 0.25) is 0 Å². The van der Waals surface area contributed by atoms with Gasteiger partial charge in [-0.25, -0.2) is 0 Å². The first-order valence-electron chi connectivity index (χ1n) is 10.6. The molecule has 5 nitrogen and oxygen atoms in total. The van der Waals surface area contributed by atoms with E-state index in [0.717, 1.165) is 63.6 Å². The molecule has 27 heavy (non-hydrogen) atoms. The van der Waals surface area contributed by atoms with Crippen molar-refractivity contribution in [3.63, 3.8) is 0 Å². The summed E-state index contributed by atoms with van der Waals surface area (Å²) in [6.45, 7) is 5.21. The van der Waals surface area contributed by atoms with Gasteiger partial charge in [0.15, 0.2) is 0 Å². The van der Waals surface area contributed by atoms with E-state index in [-0.39, 0.29) is 11.8 Å². The number of carbonyl (C=O) groups excluding carboxylic acids is 2. The van der Waals surface area contributed by atoms with Gasteiger partial charge in [0.25, 0.3) is 5.91 Å². The Balaban J connectivity index is 1.22. The lowest BCUT2D eigenvalue weighted by Crippen LogP contribution is -2.53. The van der Waals surface area contributed by atoms with Crippen molar-refractivity contribution in [3.8, 4) is 0 Å². The van der Waals surface area contributed by atoms with Gasteiger partial charge in [0.2, 0.25) is 5.91 Å². The lowest BCUT2D eigenvalue weighted by Gasteiger charge is -2.43. The van der Waals surface area contributed by atoms with Crippen LogP contribution in [-0.2, 0) is 17.8 Å². The lowest BCUT2D eigenvalue weighted by molar-refractivity contribution is -0.133. The number of benzene rings is 1. The van der Waals surface area contributed by atoms with Crippen LogP contribution in [0.4, 0.5) is 0 Å². The predicted octanol–water partition coefficient (Wildman–Crippen LogP) is 2.29. The van der Waals surface area contributed by atoms with Crippen LogP contribution in [0.5, 0.6) is 0 Å². The van der Waals surface area contributed by atoms with E-state index in [1.807, 2.05) is 15.9 Å². The van der Waals surface area contributed by atoms with Gasteiger partial charge >= 0.3 is 0 Å². The molecule has 144 valence electrons. The van der Waals surface area contributed by atoms with Crippen LogP contribution in [0.3, 0.4) is 0 Å². The first-order chi connectivity index (χ1) is 13.2. The first kappa shape index (κ1) is 17.2. The summed E-state index contributed by atoms with van der Waals surface area (Å²) in [6, 6.07) is 6.88. The molecule has 2 saturated carbocycles. The Bertz CT molecular complexity index is 746. The van der Waals surface area contributed by atoms with Gasteiger partial charge in [-0.1, -0.05) is 12.5 Å². The number of carbonyl (C=O) groups is 2. The molecule has 0 atom stereocenters. The maximum Gasteiger partial charge on any atom is 0.253 e. The minimum absolute atomic E-state index is 0.169. The fraction of sp³-hybridized carbons (Fsp3) is 0.636. The zero-order chi connectivity index (χ0) is 18.4. The molecular formula is C22H29N3O2. The Kier molecular flexibility index (Phi) is 4.43. The maximum atomic E-state index is 13.0. The molecule has 0 aromatic heterocycles. The van der Waals surface area contributed by atoms with Crippen molar-refractivity contribution in [3.05, 3.63) is 34.9 Å². The van der Waals surface area contributed by atoms with Crippen molar-refractivity contribution < 1.29 is 9.59 Å². The Morgan fingerprint density at radius 2 is 1.63 bits per heavy atom. The third-order valence-electron chi connectivity index (χ3n) is 6.90. The van der Waals surface area contributed by atoms with E-state index in [1.165, 1.54) is 30.4 Å². The second kappa shape index (κ2) is 6.93. The molecule has 4 aliphatic rings. The molecule has 1 saturated heterocycles. The van der Waals surface area contributed by atoms with Gasteiger partial charge in [0.1, 0.15) is 0 Å². The van der Waals surface area contributed by atoms with Gasteiger partial charge in [0, 0.05) is 56.8 Å². The van der Waals surface area contributed by atoms with E-state index < -0.39 is 0 Å². The summed E-state index contributed by atoms with van der Waals surface area (Å²) in [6.07, 6.45) is 7.01. The van der Waals surface area contributed by atoms with E-state index in [2.05, 4.69) is 17.0 Å². The summed E-state index contributed by atoms with van der Waals surface area (Å²) in [5, 5.41) is 0. The Hall–Kier alpha value is -1.88. The monoisotopic (exact) mass is 367 g/mol. The molecule has 3 fully saturated rings. The Labute approximate surface area is 161 Å². The zero-order valence-corrected chi connectivity index (χ0v) is 16.0. The van der Waals surface area contributed by atoms with Crippen LogP contribution in [0.25, 0.3) is 0 Å². The smallest absolute Gasteiger partial charge is 0.253 e. The lowest BCUT2D eigenvalue weighted by atomic mass is 9.91. The Morgan fingerprint density at radius 3 is 2.30 bits per heavy atom. The largest absolute Gasteiger partial charge is 0.338 e. The number of amides is 2. The predicted molar refractivity (Wildman–Crippen MR) is 103 cm³/mol. The molecule has 0 spiro atoms. The average Bonchev–Trinajstić information content (AvgIpc) is 3.50. The highest BCUT2D eigenvalue weighted by Gasteiger charge is 2.35. The second-order valence-corrected chi connectivity index (χ2v) is 8.68. The van der Waals surface area contributed by atoms with Gasteiger partial charge in [-0.05, 0) is 55.4 Å². The van der Waals surface area contributed by atoms with Gasteiger partial charge in [-0.15, -0.1) is 0 Å².